The zero-order chi connectivity index (χ0) is 13.2. The molecule has 2 heteroatoms. The van der Waals surface area contributed by atoms with Crippen LogP contribution in [0.1, 0.15) is 46.1 Å². The smallest absolute Gasteiger partial charge is 0.0368 e. The Bertz CT molecular complexity index is 371. The fourth-order valence-corrected chi connectivity index (χ4v) is 2.21. The first-order valence-corrected chi connectivity index (χ1v) is 7.10. The number of benzene rings is 1. The van der Waals surface area contributed by atoms with Gasteiger partial charge in [-0.3, -0.25) is 0 Å². The van der Waals surface area contributed by atoms with Gasteiger partial charge in [0.2, 0.25) is 0 Å². The van der Waals surface area contributed by atoms with Gasteiger partial charge in [-0.2, -0.15) is 0 Å². The van der Waals surface area contributed by atoms with Crippen molar-refractivity contribution < 1.29 is 0 Å². The Kier molecular flexibility index (Phi) is 3.96. The lowest BCUT2D eigenvalue weighted by Crippen LogP contribution is -2.35. The van der Waals surface area contributed by atoms with Crippen molar-refractivity contribution in [3.8, 4) is 0 Å². The van der Waals surface area contributed by atoms with E-state index in [0.29, 0.717) is 0 Å². The van der Waals surface area contributed by atoms with Crippen LogP contribution >= 0.6 is 0 Å². The second-order valence-corrected chi connectivity index (χ2v) is 6.29. The quantitative estimate of drug-likeness (QED) is 0.854. The van der Waals surface area contributed by atoms with E-state index in [4.69, 9.17) is 0 Å². The number of hydrogen-bond donors (Lipinski definition) is 1. The van der Waals surface area contributed by atoms with Crippen molar-refractivity contribution in [2.24, 2.45) is 0 Å². The van der Waals surface area contributed by atoms with Crippen LogP contribution < -0.4 is 10.2 Å². The second kappa shape index (κ2) is 5.31. The first kappa shape index (κ1) is 13.4. The fraction of sp³-hybridized carbons (Fsp3) is 0.625. The molecule has 1 fully saturated rings. The van der Waals surface area contributed by atoms with Gasteiger partial charge >= 0.3 is 0 Å². The molecule has 2 nitrogen and oxygen atoms in total. The van der Waals surface area contributed by atoms with Crippen molar-refractivity contribution in [1.82, 2.24) is 5.32 Å². The molecule has 0 saturated heterocycles. The standard InChI is InChI=1S/C16H26N2/c1-5-18(15-10-11-15)14-8-6-13(7-9-14)12-17-16(2,3)4/h6-9,15,17H,5,10-12H2,1-4H3. The van der Waals surface area contributed by atoms with Gasteiger partial charge in [0.25, 0.3) is 0 Å². The Morgan fingerprint density at radius 2 is 1.78 bits per heavy atom. The van der Waals surface area contributed by atoms with E-state index in [9.17, 15) is 0 Å². The molecule has 1 aromatic carbocycles. The molecule has 0 atom stereocenters. The maximum Gasteiger partial charge on any atom is 0.0368 e. The average molecular weight is 246 g/mol. The highest BCUT2D eigenvalue weighted by atomic mass is 15.2. The lowest BCUT2D eigenvalue weighted by atomic mass is 10.1. The molecule has 0 aliphatic heterocycles. The van der Waals surface area contributed by atoms with Gasteiger partial charge in [-0.25, -0.2) is 0 Å². The van der Waals surface area contributed by atoms with Gasteiger partial charge in [-0.05, 0) is 58.2 Å². The third kappa shape index (κ3) is 3.74. The summed E-state index contributed by atoms with van der Waals surface area (Å²) < 4.78 is 0. The van der Waals surface area contributed by atoms with Gasteiger partial charge in [0.15, 0.2) is 0 Å². The van der Waals surface area contributed by atoms with Crippen LogP contribution in [0.2, 0.25) is 0 Å². The van der Waals surface area contributed by atoms with Crippen LogP contribution in [0.4, 0.5) is 5.69 Å². The van der Waals surface area contributed by atoms with Gasteiger partial charge in [0.05, 0.1) is 0 Å². The molecule has 0 unspecified atom stereocenters. The third-order valence-electron chi connectivity index (χ3n) is 3.42. The summed E-state index contributed by atoms with van der Waals surface area (Å²) in [6, 6.07) is 9.83. The summed E-state index contributed by atoms with van der Waals surface area (Å²) in [6.07, 6.45) is 2.72. The molecule has 1 aromatic rings. The van der Waals surface area contributed by atoms with Gasteiger partial charge in [-0.1, -0.05) is 12.1 Å². The highest BCUT2D eigenvalue weighted by Gasteiger charge is 2.27. The monoisotopic (exact) mass is 246 g/mol. The van der Waals surface area contributed by atoms with Crippen LogP contribution in [0.15, 0.2) is 24.3 Å². The molecule has 18 heavy (non-hydrogen) atoms. The lowest BCUT2D eigenvalue weighted by molar-refractivity contribution is 0.424. The van der Waals surface area contributed by atoms with E-state index >= 15 is 0 Å². The molecular formula is C16H26N2. The van der Waals surface area contributed by atoms with E-state index in [1.165, 1.54) is 24.1 Å². The number of nitrogens with zero attached hydrogens (tertiary/aromatic N) is 1. The maximum atomic E-state index is 3.52. The van der Waals surface area contributed by atoms with Gasteiger partial charge in [0, 0.05) is 30.4 Å². The van der Waals surface area contributed by atoms with E-state index in [1.54, 1.807) is 0 Å². The summed E-state index contributed by atoms with van der Waals surface area (Å²) in [5, 5.41) is 3.52. The average Bonchev–Trinajstić information content (AvgIpc) is 3.12. The molecule has 2 rings (SSSR count). The minimum Gasteiger partial charge on any atom is -0.369 e. The predicted molar refractivity (Wildman–Crippen MR) is 79.1 cm³/mol. The van der Waals surface area contributed by atoms with Crippen LogP contribution in [0.5, 0.6) is 0 Å². The molecule has 1 aliphatic carbocycles. The zero-order valence-corrected chi connectivity index (χ0v) is 12.2. The highest BCUT2D eigenvalue weighted by Crippen LogP contribution is 2.31. The summed E-state index contributed by atoms with van der Waals surface area (Å²) in [7, 11) is 0. The number of anilines is 1. The number of rotatable bonds is 5. The molecule has 0 radical (unpaired) electrons. The largest absolute Gasteiger partial charge is 0.369 e. The van der Waals surface area contributed by atoms with Gasteiger partial charge in [-0.15, -0.1) is 0 Å². The second-order valence-electron chi connectivity index (χ2n) is 6.29. The van der Waals surface area contributed by atoms with E-state index in [-0.39, 0.29) is 5.54 Å². The van der Waals surface area contributed by atoms with Gasteiger partial charge in [0.1, 0.15) is 0 Å². The van der Waals surface area contributed by atoms with Crippen molar-refractivity contribution in [1.29, 1.82) is 0 Å². The SMILES string of the molecule is CCN(c1ccc(CNC(C)(C)C)cc1)C1CC1. The van der Waals surface area contributed by atoms with Crippen LogP contribution in [0.25, 0.3) is 0 Å². The van der Waals surface area contributed by atoms with Crippen LogP contribution in [0, 0.1) is 0 Å². The Hall–Kier alpha value is -1.02. The Morgan fingerprint density at radius 3 is 2.22 bits per heavy atom. The first-order chi connectivity index (χ1) is 8.49. The van der Waals surface area contributed by atoms with Crippen LogP contribution in [0.3, 0.4) is 0 Å². The zero-order valence-electron chi connectivity index (χ0n) is 12.2. The van der Waals surface area contributed by atoms with Crippen molar-refractivity contribution >= 4 is 5.69 Å². The minimum absolute atomic E-state index is 0.183. The molecule has 1 N–H and O–H groups in total. The molecule has 1 saturated carbocycles. The summed E-state index contributed by atoms with van der Waals surface area (Å²) >= 11 is 0. The molecule has 0 bridgehead atoms. The fourth-order valence-electron chi connectivity index (χ4n) is 2.21. The van der Waals surface area contributed by atoms with Crippen molar-refractivity contribution in [3.05, 3.63) is 29.8 Å². The predicted octanol–water partition coefficient (Wildman–Crippen LogP) is 3.56. The Morgan fingerprint density at radius 1 is 1.17 bits per heavy atom. The molecule has 100 valence electrons. The topological polar surface area (TPSA) is 15.3 Å². The molecule has 1 aliphatic rings. The van der Waals surface area contributed by atoms with Crippen LogP contribution in [-0.2, 0) is 6.54 Å². The minimum atomic E-state index is 0.183. The molecule has 0 spiro atoms. The van der Waals surface area contributed by atoms with Crippen LogP contribution in [-0.4, -0.2) is 18.1 Å². The van der Waals surface area contributed by atoms with Crippen molar-refractivity contribution in [2.45, 2.75) is 58.7 Å². The maximum absolute atomic E-state index is 3.52. The molecule has 0 heterocycles. The van der Waals surface area contributed by atoms with E-state index in [2.05, 4.69) is 62.2 Å². The number of nitrogens with one attached hydrogen (secondary N) is 1. The summed E-state index contributed by atoms with van der Waals surface area (Å²) in [6.45, 7) is 10.9. The van der Waals surface area contributed by atoms with Crippen molar-refractivity contribution in [2.75, 3.05) is 11.4 Å². The highest BCUT2D eigenvalue weighted by molar-refractivity contribution is 5.49. The Labute approximate surface area is 111 Å². The number of hydrogen-bond acceptors (Lipinski definition) is 2. The molecule has 0 aromatic heterocycles. The normalized spacial score (nSPS) is 15.8. The van der Waals surface area contributed by atoms with E-state index in [1.807, 2.05) is 0 Å². The summed E-state index contributed by atoms with van der Waals surface area (Å²) in [5.74, 6) is 0. The summed E-state index contributed by atoms with van der Waals surface area (Å²) in [4.78, 5) is 2.51. The molecule has 0 amide bonds. The van der Waals surface area contributed by atoms with Crippen molar-refractivity contribution in [3.63, 3.8) is 0 Å². The molecular weight excluding hydrogens is 220 g/mol. The van der Waals surface area contributed by atoms with E-state index in [0.717, 1.165) is 19.1 Å². The Balaban J connectivity index is 1.96. The summed E-state index contributed by atoms with van der Waals surface area (Å²) in [5.41, 5.74) is 2.92. The third-order valence-corrected chi connectivity index (χ3v) is 3.42. The van der Waals surface area contributed by atoms with E-state index < -0.39 is 0 Å². The lowest BCUT2D eigenvalue weighted by Gasteiger charge is -2.24. The van der Waals surface area contributed by atoms with Gasteiger partial charge < -0.3 is 10.2 Å². The first-order valence-electron chi connectivity index (χ1n) is 7.10.